The third kappa shape index (κ3) is 5.19. The molecule has 1 saturated heterocycles. The highest BCUT2D eigenvalue weighted by molar-refractivity contribution is 5.67. The number of carbonyl (C=O) groups is 1. The molecule has 0 saturated carbocycles. The largest absolute Gasteiger partial charge is 0.444 e. The van der Waals surface area contributed by atoms with Gasteiger partial charge < -0.3 is 14.1 Å². The highest BCUT2D eigenvalue weighted by Crippen LogP contribution is 2.26. The summed E-state index contributed by atoms with van der Waals surface area (Å²) in [6.45, 7) is 12.2. The number of ether oxygens (including phenoxy) is 1. The minimum absolute atomic E-state index is 0.0980. The molecule has 0 aromatic carbocycles. The lowest BCUT2D eigenvalue weighted by molar-refractivity contribution is 0.0226. The molecule has 1 fully saturated rings. The van der Waals surface area contributed by atoms with Gasteiger partial charge in [0.2, 0.25) is 11.8 Å². The van der Waals surface area contributed by atoms with Crippen molar-refractivity contribution in [2.45, 2.75) is 59.1 Å². The molecule has 2 atom stereocenters. The first-order valence-corrected chi connectivity index (χ1v) is 8.64. The van der Waals surface area contributed by atoms with Crippen molar-refractivity contribution in [3.8, 4) is 0 Å². The van der Waals surface area contributed by atoms with Crippen LogP contribution in [-0.4, -0.2) is 58.4 Å². The minimum atomic E-state index is -0.464. The Morgan fingerprint density at radius 2 is 2.17 bits per heavy atom. The number of rotatable bonds is 4. The van der Waals surface area contributed by atoms with Gasteiger partial charge in [0.25, 0.3) is 0 Å². The summed E-state index contributed by atoms with van der Waals surface area (Å²) in [5.41, 5.74) is -0.464. The van der Waals surface area contributed by atoms with Gasteiger partial charge in [-0.2, -0.15) is 0 Å². The van der Waals surface area contributed by atoms with Crippen molar-refractivity contribution in [2.75, 3.05) is 26.7 Å². The van der Waals surface area contributed by atoms with Gasteiger partial charge in [-0.1, -0.05) is 0 Å². The molecule has 7 nitrogen and oxygen atoms in total. The third-order valence-corrected chi connectivity index (χ3v) is 4.23. The minimum Gasteiger partial charge on any atom is -0.444 e. The van der Waals surface area contributed by atoms with Crippen LogP contribution < -0.4 is 0 Å². The molecule has 2 rings (SSSR count). The van der Waals surface area contributed by atoms with Crippen molar-refractivity contribution in [3.63, 3.8) is 0 Å². The lowest BCUT2D eigenvalue weighted by Gasteiger charge is -2.37. The van der Waals surface area contributed by atoms with E-state index in [0.717, 1.165) is 25.9 Å². The standard InChI is InChI=1S/C17H30N4O3/c1-12(15-19-18-13(2)23-15)21-9-7-8-14(11-21)10-20(6)16(22)24-17(3,4)5/h12,14H,7-11H2,1-6H3. The Kier molecular flexibility index (Phi) is 5.85. The molecule has 0 aliphatic carbocycles. The number of carbonyl (C=O) groups excluding carboxylic acids is 1. The van der Waals surface area contributed by atoms with Crippen molar-refractivity contribution in [1.82, 2.24) is 20.0 Å². The summed E-state index contributed by atoms with van der Waals surface area (Å²) >= 11 is 0. The summed E-state index contributed by atoms with van der Waals surface area (Å²) in [5, 5.41) is 8.05. The van der Waals surface area contributed by atoms with E-state index in [4.69, 9.17) is 9.15 Å². The van der Waals surface area contributed by atoms with E-state index in [1.54, 1.807) is 18.9 Å². The van der Waals surface area contributed by atoms with Crippen LogP contribution in [0.1, 0.15) is 58.4 Å². The molecule has 24 heavy (non-hydrogen) atoms. The predicted molar refractivity (Wildman–Crippen MR) is 90.6 cm³/mol. The lowest BCUT2D eigenvalue weighted by Crippen LogP contribution is -2.43. The number of amides is 1. The normalized spacial score (nSPS) is 20.7. The zero-order valence-electron chi connectivity index (χ0n) is 15.7. The fourth-order valence-corrected chi connectivity index (χ4v) is 3.04. The maximum absolute atomic E-state index is 12.1. The van der Waals surface area contributed by atoms with Crippen LogP contribution in [0.5, 0.6) is 0 Å². The fraction of sp³-hybridized carbons (Fsp3) is 0.824. The Balaban J connectivity index is 1.89. The monoisotopic (exact) mass is 338 g/mol. The molecule has 136 valence electrons. The van der Waals surface area contributed by atoms with E-state index in [9.17, 15) is 4.79 Å². The van der Waals surface area contributed by atoms with Crippen LogP contribution >= 0.6 is 0 Å². The Morgan fingerprint density at radius 3 is 2.75 bits per heavy atom. The zero-order chi connectivity index (χ0) is 17.9. The summed E-state index contributed by atoms with van der Waals surface area (Å²) in [5.74, 6) is 1.67. The van der Waals surface area contributed by atoms with E-state index in [-0.39, 0.29) is 12.1 Å². The Labute approximate surface area is 144 Å². The smallest absolute Gasteiger partial charge is 0.410 e. The first kappa shape index (κ1) is 18.7. The molecule has 1 aromatic heterocycles. The summed E-state index contributed by atoms with van der Waals surface area (Å²) in [6, 6.07) is 0.0980. The van der Waals surface area contributed by atoms with Crippen LogP contribution in [-0.2, 0) is 4.74 Å². The number of nitrogens with zero attached hydrogens (tertiary/aromatic N) is 4. The first-order chi connectivity index (χ1) is 11.2. The average Bonchev–Trinajstić information content (AvgIpc) is 2.91. The van der Waals surface area contributed by atoms with Gasteiger partial charge in [0.05, 0.1) is 6.04 Å². The SMILES string of the molecule is Cc1nnc(C(C)N2CCCC(CN(C)C(=O)OC(C)(C)C)C2)o1. The molecule has 0 bridgehead atoms. The zero-order valence-corrected chi connectivity index (χ0v) is 15.7. The van der Waals surface area contributed by atoms with Crippen molar-refractivity contribution >= 4 is 6.09 Å². The molecule has 2 unspecified atom stereocenters. The summed E-state index contributed by atoms with van der Waals surface area (Å²) in [6.07, 6.45) is 1.95. The van der Waals surface area contributed by atoms with E-state index >= 15 is 0 Å². The molecule has 1 aromatic rings. The number of hydrogen-bond acceptors (Lipinski definition) is 6. The van der Waals surface area contributed by atoms with Crippen LogP contribution in [0.3, 0.4) is 0 Å². The molecule has 1 amide bonds. The second-order valence-corrected chi connectivity index (χ2v) is 7.70. The van der Waals surface area contributed by atoms with E-state index in [0.29, 0.717) is 24.2 Å². The highest BCUT2D eigenvalue weighted by Gasteiger charge is 2.29. The first-order valence-electron chi connectivity index (χ1n) is 8.64. The fourth-order valence-electron chi connectivity index (χ4n) is 3.04. The maximum Gasteiger partial charge on any atom is 0.410 e. The van der Waals surface area contributed by atoms with E-state index in [2.05, 4.69) is 22.0 Å². The molecular formula is C17H30N4O3. The predicted octanol–water partition coefficient (Wildman–Crippen LogP) is 3.02. The topological polar surface area (TPSA) is 71.7 Å². The molecule has 0 spiro atoms. The second kappa shape index (κ2) is 7.51. The van der Waals surface area contributed by atoms with E-state index < -0.39 is 5.60 Å². The molecule has 7 heteroatoms. The molecule has 1 aliphatic rings. The summed E-state index contributed by atoms with van der Waals surface area (Å²) in [7, 11) is 1.80. The summed E-state index contributed by atoms with van der Waals surface area (Å²) in [4.78, 5) is 16.2. The molecule has 2 heterocycles. The average molecular weight is 338 g/mol. The molecule has 0 N–H and O–H groups in total. The van der Waals surface area contributed by atoms with Gasteiger partial charge in [0.1, 0.15) is 5.60 Å². The number of piperidine rings is 1. The van der Waals surface area contributed by atoms with Gasteiger partial charge in [-0.05, 0) is 53.0 Å². The van der Waals surface area contributed by atoms with Crippen molar-refractivity contribution < 1.29 is 13.9 Å². The number of hydrogen-bond donors (Lipinski definition) is 0. The van der Waals surface area contributed by atoms with Crippen molar-refractivity contribution in [1.29, 1.82) is 0 Å². The van der Waals surface area contributed by atoms with Gasteiger partial charge in [0, 0.05) is 27.1 Å². The van der Waals surface area contributed by atoms with Gasteiger partial charge in [-0.25, -0.2) is 4.79 Å². The van der Waals surface area contributed by atoms with Crippen molar-refractivity contribution in [3.05, 3.63) is 11.8 Å². The Morgan fingerprint density at radius 1 is 1.46 bits per heavy atom. The van der Waals surface area contributed by atoms with Crippen LogP contribution in [0.4, 0.5) is 4.79 Å². The van der Waals surface area contributed by atoms with Gasteiger partial charge in [-0.3, -0.25) is 4.90 Å². The molecule has 0 radical (unpaired) electrons. The Hall–Kier alpha value is -1.63. The molecule has 1 aliphatic heterocycles. The maximum atomic E-state index is 12.1. The van der Waals surface area contributed by atoms with Crippen LogP contribution in [0.25, 0.3) is 0 Å². The quantitative estimate of drug-likeness (QED) is 0.840. The summed E-state index contributed by atoms with van der Waals surface area (Å²) < 4.78 is 11.0. The Bertz CT molecular complexity index is 552. The van der Waals surface area contributed by atoms with Gasteiger partial charge in [0.15, 0.2) is 0 Å². The van der Waals surface area contributed by atoms with Crippen LogP contribution in [0.15, 0.2) is 4.42 Å². The van der Waals surface area contributed by atoms with Crippen LogP contribution in [0, 0.1) is 12.8 Å². The molecular weight excluding hydrogens is 308 g/mol. The van der Waals surface area contributed by atoms with Crippen LogP contribution in [0.2, 0.25) is 0 Å². The van der Waals surface area contributed by atoms with Gasteiger partial charge in [-0.15, -0.1) is 10.2 Å². The lowest BCUT2D eigenvalue weighted by atomic mass is 9.96. The number of likely N-dealkylation sites (tertiary alicyclic amines) is 1. The third-order valence-electron chi connectivity index (χ3n) is 4.23. The number of aryl methyl sites for hydroxylation is 1. The number of aromatic nitrogens is 2. The second-order valence-electron chi connectivity index (χ2n) is 7.70. The van der Waals surface area contributed by atoms with Gasteiger partial charge >= 0.3 is 6.09 Å². The highest BCUT2D eigenvalue weighted by atomic mass is 16.6. The van der Waals surface area contributed by atoms with E-state index in [1.807, 2.05) is 20.8 Å². The van der Waals surface area contributed by atoms with E-state index in [1.165, 1.54) is 0 Å². The van der Waals surface area contributed by atoms with Crippen molar-refractivity contribution in [2.24, 2.45) is 5.92 Å².